The molecular formula is C12H16F2N2O4. The van der Waals surface area contributed by atoms with Gasteiger partial charge in [-0.15, -0.1) is 0 Å². The molecule has 1 fully saturated rings. The lowest BCUT2D eigenvalue weighted by molar-refractivity contribution is -0.255. The van der Waals surface area contributed by atoms with E-state index in [0.717, 1.165) is 4.57 Å². The highest BCUT2D eigenvalue weighted by Gasteiger charge is 2.39. The largest absolute Gasteiger partial charge is 0.353 e. The Labute approximate surface area is 114 Å². The zero-order valence-corrected chi connectivity index (χ0v) is 11.1. The van der Waals surface area contributed by atoms with Gasteiger partial charge < -0.3 is 9.47 Å². The molecule has 2 heterocycles. The van der Waals surface area contributed by atoms with E-state index in [2.05, 4.69) is 9.72 Å². The molecule has 1 aromatic rings. The van der Waals surface area contributed by atoms with E-state index in [1.807, 2.05) is 0 Å². The van der Waals surface area contributed by atoms with Crippen molar-refractivity contribution in [2.75, 3.05) is 0 Å². The van der Waals surface area contributed by atoms with Crippen LogP contribution in [0.25, 0.3) is 0 Å². The van der Waals surface area contributed by atoms with Gasteiger partial charge in [-0.3, -0.25) is 14.3 Å². The lowest BCUT2D eigenvalue weighted by Gasteiger charge is -2.19. The van der Waals surface area contributed by atoms with Crippen molar-refractivity contribution in [3.63, 3.8) is 0 Å². The second-order valence-corrected chi connectivity index (χ2v) is 4.81. The van der Waals surface area contributed by atoms with E-state index in [4.69, 9.17) is 6.11 Å². The number of aromatic amines is 1. The fraction of sp³-hybridized carbons (Fsp3) is 0.667. The van der Waals surface area contributed by atoms with Crippen LogP contribution in [0.3, 0.4) is 0 Å². The van der Waals surface area contributed by atoms with Crippen molar-refractivity contribution >= 4 is 0 Å². The monoisotopic (exact) mass is 291 g/mol. The quantitative estimate of drug-likeness (QED) is 0.906. The van der Waals surface area contributed by atoms with Crippen LogP contribution in [0.2, 0.25) is 0 Å². The molecule has 1 saturated heterocycles. The third-order valence-corrected chi connectivity index (χ3v) is 2.99. The molecule has 1 aromatic heterocycles. The number of hydrogen-bond donors (Lipinski definition) is 1. The van der Waals surface area contributed by atoms with Crippen LogP contribution in [-0.2, 0) is 9.47 Å². The topological polar surface area (TPSA) is 73.3 Å². The maximum Gasteiger partial charge on any atom is 0.353 e. The fourth-order valence-electron chi connectivity index (χ4n) is 2.06. The minimum atomic E-state index is -3.35. The molecule has 2 rings (SSSR count). The summed E-state index contributed by atoms with van der Waals surface area (Å²) in [6.45, 7) is 1.85. The molecule has 0 amide bonds. The minimum absolute atomic E-state index is 0.00162. The molecule has 0 aliphatic carbocycles. The number of ether oxygens (including phenoxy) is 2. The number of rotatable bonds is 3. The Kier molecular flexibility index (Phi) is 3.43. The molecule has 20 heavy (non-hydrogen) atoms. The normalized spacial score (nSPS) is 27.6. The van der Waals surface area contributed by atoms with Crippen LogP contribution in [-0.4, -0.2) is 27.9 Å². The smallest absolute Gasteiger partial charge is 0.352 e. The van der Waals surface area contributed by atoms with E-state index in [9.17, 15) is 18.4 Å². The first-order valence-electron chi connectivity index (χ1n) is 6.74. The summed E-state index contributed by atoms with van der Waals surface area (Å²) in [7, 11) is 0. The van der Waals surface area contributed by atoms with Crippen LogP contribution in [0, 0.1) is 6.92 Å². The van der Waals surface area contributed by atoms with Gasteiger partial charge in [-0.2, -0.15) is 8.78 Å². The second-order valence-electron chi connectivity index (χ2n) is 4.81. The molecule has 0 bridgehead atoms. The Morgan fingerprint density at radius 1 is 1.60 bits per heavy atom. The van der Waals surface area contributed by atoms with E-state index in [0.29, 0.717) is 12.5 Å². The Balaban J connectivity index is 2.25. The van der Waals surface area contributed by atoms with Crippen LogP contribution in [0.5, 0.6) is 0 Å². The highest BCUT2D eigenvalue weighted by atomic mass is 19.3. The number of H-pyrrole nitrogens is 1. The van der Waals surface area contributed by atoms with Gasteiger partial charge in [0.2, 0.25) is 0 Å². The van der Waals surface area contributed by atoms with Crippen molar-refractivity contribution in [1.82, 2.24) is 9.55 Å². The number of halogens is 2. The standard InChI is InChI=1S/C12H16F2N2O4/c1-6-5-16(11(18)15-10(6)17)9-4-8(7(2)19-9)20-12(3,13)14/h5,7-9H,4H2,1-3H3,(H,15,17,18)/t7-,8?,9-/m1/s1/i2D. The van der Waals surface area contributed by atoms with Crippen molar-refractivity contribution in [2.24, 2.45) is 0 Å². The lowest BCUT2D eigenvalue weighted by atomic mass is 10.2. The number of alkyl halides is 2. The maximum absolute atomic E-state index is 13.0. The van der Waals surface area contributed by atoms with Gasteiger partial charge >= 0.3 is 11.8 Å². The van der Waals surface area contributed by atoms with Crippen LogP contribution < -0.4 is 11.2 Å². The third-order valence-electron chi connectivity index (χ3n) is 2.99. The summed E-state index contributed by atoms with van der Waals surface area (Å²) in [6.07, 6.45) is -4.75. The summed E-state index contributed by atoms with van der Waals surface area (Å²) in [5.41, 5.74) is -0.909. The van der Waals surface area contributed by atoms with Gasteiger partial charge in [-0.1, -0.05) is 0 Å². The molecule has 1 unspecified atom stereocenters. The van der Waals surface area contributed by atoms with Gasteiger partial charge in [0, 0.05) is 26.5 Å². The molecule has 0 saturated carbocycles. The SMILES string of the molecule is [2H]C[C@H]1O[C@@H](n2cc(C)c(=O)[nH]c2=O)CC1OC(C)(F)F. The number of nitrogens with one attached hydrogen (secondary N) is 1. The summed E-state index contributed by atoms with van der Waals surface area (Å²) < 4.78 is 44.4. The Hall–Kier alpha value is -1.54. The molecule has 0 aromatic carbocycles. The third kappa shape index (κ3) is 3.13. The van der Waals surface area contributed by atoms with Gasteiger partial charge in [0.1, 0.15) is 6.23 Å². The summed E-state index contributed by atoms with van der Waals surface area (Å²) in [5.74, 6) is 0. The number of nitrogens with zero attached hydrogens (tertiary/aromatic N) is 1. The molecule has 1 aliphatic heterocycles. The molecule has 0 spiro atoms. The van der Waals surface area contributed by atoms with Crippen molar-refractivity contribution in [1.29, 1.82) is 0 Å². The predicted molar refractivity (Wildman–Crippen MR) is 65.8 cm³/mol. The number of hydrogen-bond acceptors (Lipinski definition) is 4. The fourth-order valence-corrected chi connectivity index (χ4v) is 2.06. The van der Waals surface area contributed by atoms with E-state index < -0.39 is 35.8 Å². The van der Waals surface area contributed by atoms with Gasteiger partial charge in [0.15, 0.2) is 0 Å². The van der Waals surface area contributed by atoms with Crippen molar-refractivity contribution < 1.29 is 19.6 Å². The second kappa shape index (κ2) is 5.10. The average Bonchev–Trinajstić information content (AvgIpc) is 2.74. The molecule has 112 valence electrons. The molecular weight excluding hydrogens is 274 g/mol. The van der Waals surface area contributed by atoms with Crippen LogP contribution in [0.4, 0.5) is 8.78 Å². The minimum Gasteiger partial charge on any atom is -0.352 e. The van der Waals surface area contributed by atoms with Crippen LogP contribution in [0.15, 0.2) is 15.8 Å². The van der Waals surface area contributed by atoms with Crippen molar-refractivity contribution in [3.05, 3.63) is 32.6 Å². The Morgan fingerprint density at radius 3 is 2.90 bits per heavy atom. The first-order chi connectivity index (χ1) is 9.71. The Morgan fingerprint density at radius 2 is 2.30 bits per heavy atom. The zero-order chi connectivity index (χ0) is 15.8. The Bertz CT molecular complexity index is 625. The molecule has 8 heteroatoms. The average molecular weight is 291 g/mol. The maximum atomic E-state index is 13.0. The van der Waals surface area contributed by atoms with Gasteiger partial charge in [-0.05, 0) is 13.8 Å². The van der Waals surface area contributed by atoms with Crippen LogP contribution in [0.1, 0.15) is 33.4 Å². The zero-order valence-electron chi connectivity index (χ0n) is 12.1. The summed E-state index contributed by atoms with van der Waals surface area (Å²) in [6, 6.07) is 0. The van der Waals surface area contributed by atoms with Gasteiger partial charge in [0.05, 0.1) is 12.2 Å². The summed E-state index contributed by atoms with van der Waals surface area (Å²) in [5, 5.41) is 0. The molecule has 1 aliphatic rings. The predicted octanol–water partition coefficient (Wildman–Crippen LogP) is 1.15. The van der Waals surface area contributed by atoms with E-state index >= 15 is 0 Å². The summed E-state index contributed by atoms with van der Waals surface area (Å²) in [4.78, 5) is 25.2. The first kappa shape index (κ1) is 13.4. The molecule has 1 N–H and O–H groups in total. The summed E-state index contributed by atoms with van der Waals surface area (Å²) >= 11 is 0. The molecule has 0 radical (unpaired) electrons. The molecule has 3 atom stereocenters. The molecule has 6 nitrogen and oxygen atoms in total. The van der Waals surface area contributed by atoms with Crippen molar-refractivity contribution in [2.45, 2.75) is 51.7 Å². The van der Waals surface area contributed by atoms with Crippen molar-refractivity contribution in [3.8, 4) is 0 Å². The van der Waals surface area contributed by atoms with E-state index in [-0.39, 0.29) is 13.3 Å². The van der Waals surface area contributed by atoms with Crippen LogP contribution >= 0.6 is 0 Å². The highest BCUT2D eigenvalue weighted by molar-refractivity contribution is 5.02. The van der Waals surface area contributed by atoms with E-state index in [1.165, 1.54) is 13.1 Å². The number of aryl methyl sites for hydroxylation is 1. The first-order valence-corrected chi connectivity index (χ1v) is 6.03. The number of aromatic nitrogens is 2. The van der Waals surface area contributed by atoms with E-state index in [1.54, 1.807) is 0 Å². The highest BCUT2D eigenvalue weighted by Crippen LogP contribution is 2.32. The van der Waals surface area contributed by atoms with Gasteiger partial charge in [-0.25, -0.2) is 4.79 Å². The van der Waals surface area contributed by atoms with Gasteiger partial charge in [0.25, 0.3) is 5.56 Å². The lowest BCUT2D eigenvalue weighted by Crippen LogP contribution is -2.33.